The van der Waals surface area contributed by atoms with Crippen LogP contribution >= 0.6 is 23.2 Å². The number of halogens is 4. The molecule has 35 heavy (non-hydrogen) atoms. The second kappa shape index (κ2) is 10.1. The number of amides is 3. The third kappa shape index (κ3) is 5.33. The summed E-state index contributed by atoms with van der Waals surface area (Å²) in [5.41, 5.74) is 5.81. The summed E-state index contributed by atoms with van der Waals surface area (Å²) in [4.78, 5) is 38.3. The summed E-state index contributed by atoms with van der Waals surface area (Å²) >= 11 is 11.8. The molecule has 0 unspecified atom stereocenters. The molecular formula is C23H20Cl2F2N4O4. The van der Waals surface area contributed by atoms with Crippen molar-refractivity contribution in [2.75, 3.05) is 6.54 Å². The van der Waals surface area contributed by atoms with Crippen LogP contribution in [0.25, 0.3) is 10.9 Å². The van der Waals surface area contributed by atoms with E-state index in [0.29, 0.717) is 15.9 Å². The lowest BCUT2D eigenvalue weighted by Gasteiger charge is -2.24. The van der Waals surface area contributed by atoms with Gasteiger partial charge in [-0.1, -0.05) is 35.3 Å². The van der Waals surface area contributed by atoms with Gasteiger partial charge in [0.15, 0.2) is 5.75 Å². The highest BCUT2D eigenvalue weighted by atomic mass is 35.5. The number of fused-ring (bicyclic) bond motifs is 1. The van der Waals surface area contributed by atoms with Crippen LogP contribution in [0.15, 0.2) is 42.6 Å². The maximum absolute atomic E-state index is 14.3. The molecule has 0 spiro atoms. The molecule has 1 aliphatic heterocycles. The number of nitrogens with two attached hydrogens (primary N) is 1. The molecule has 2 heterocycles. The number of ether oxygens (including phenoxy) is 1. The molecule has 12 heteroatoms. The number of carbonyl (C=O) groups excluding carboxylic acids is 3. The Labute approximate surface area is 208 Å². The Morgan fingerprint density at radius 2 is 1.97 bits per heavy atom. The fourth-order valence-corrected chi connectivity index (χ4v) is 4.45. The molecule has 8 nitrogen and oxygen atoms in total. The fraction of sp³-hybridized carbons (Fsp3) is 0.261. The Morgan fingerprint density at radius 1 is 1.20 bits per heavy atom. The summed E-state index contributed by atoms with van der Waals surface area (Å²) in [5, 5.41) is 3.29. The number of carbonyl (C=O) groups is 3. The molecule has 2 atom stereocenters. The van der Waals surface area contributed by atoms with Crippen molar-refractivity contribution in [2.24, 2.45) is 5.73 Å². The highest BCUT2D eigenvalue weighted by Gasteiger charge is 2.39. The first kappa shape index (κ1) is 24.7. The van der Waals surface area contributed by atoms with E-state index in [-0.39, 0.29) is 42.4 Å². The third-order valence-electron chi connectivity index (χ3n) is 5.68. The van der Waals surface area contributed by atoms with Crippen LogP contribution in [0.5, 0.6) is 5.75 Å². The molecule has 1 aromatic heterocycles. The molecular weight excluding hydrogens is 505 g/mol. The first-order valence-electron chi connectivity index (χ1n) is 10.5. The van der Waals surface area contributed by atoms with E-state index >= 15 is 0 Å². The molecule has 0 bridgehead atoms. The maximum Gasteiger partial charge on any atom is 0.410 e. The van der Waals surface area contributed by atoms with Gasteiger partial charge in [-0.25, -0.2) is 13.6 Å². The lowest BCUT2D eigenvalue weighted by atomic mass is 10.1. The highest BCUT2D eigenvalue weighted by Crippen LogP contribution is 2.31. The first-order chi connectivity index (χ1) is 16.6. The van der Waals surface area contributed by atoms with Crippen molar-refractivity contribution in [1.82, 2.24) is 14.8 Å². The topological polar surface area (TPSA) is 107 Å². The van der Waals surface area contributed by atoms with Crippen molar-refractivity contribution in [3.05, 3.63) is 64.0 Å². The highest BCUT2D eigenvalue weighted by molar-refractivity contribution is 6.31. The van der Waals surface area contributed by atoms with Crippen LogP contribution in [-0.2, 0) is 22.7 Å². The summed E-state index contributed by atoms with van der Waals surface area (Å²) in [6.45, 7) is -0.699. The number of rotatable bonds is 6. The first-order valence-corrected chi connectivity index (χ1v) is 11.3. The summed E-state index contributed by atoms with van der Waals surface area (Å²) in [6.07, 6.45) is -1.22. The van der Waals surface area contributed by atoms with Crippen molar-refractivity contribution >= 4 is 52.0 Å². The van der Waals surface area contributed by atoms with E-state index in [4.69, 9.17) is 33.7 Å². The monoisotopic (exact) mass is 524 g/mol. The molecule has 0 aliphatic carbocycles. The van der Waals surface area contributed by atoms with E-state index in [2.05, 4.69) is 5.32 Å². The van der Waals surface area contributed by atoms with Gasteiger partial charge in [-0.2, -0.15) is 0 Å². The Hall–Kier alpha value is -3.37. The van der Waals surface area contributed by atoms with E-state index in [1.54, 1.807) is 24.3 Å². The van der Waals surface area contributed by atoms with Crippen LogP contribution in [0, 0.1) is 5.82 Å². The van der Waals surface area contributed by atoms with Crippen LogP contribution in [0.1, 0.15) is 12.0 Å². The number of nitrogens with one attached hydrogen (secondary N) is 1. The van der Waals surface area contributed by atoms with Crippen molar-refractivity contribution in [3.8, 4) is 5.75 Å². The summed E-state index contributed by atoms with van der Waals surface area (Å²) < 4.78 is 34.9. The number of hydrogen-bond donors (Lipinski definition) is 2. The number of hydrogen-bond acceptors (Lipinski definition) is 4. The summed E-state index contributed by atoms with van der Waals surface area (Å²) in [5.74, 6) is -1.70. The predicted octanol–water partition coefficient (Wildman–Crippen LogP) is 3.80. The summed E-state index contributed by atoms with van der Waals surface area (Å²) in [7, 11) is 0. The van der Waals surface area contributed by atoms with E-state index in [9.17, 15) is 23.2 Å². The van der Waals surface area contributed by atoms with E-state index in [0.717, 1.165) is 4.90 Å². The van der Waals surface area contributed by atoms with Gasteiger partial charge >= 0.3 is 6.09 Å². The van der Waals surface area contributed by atoms with Crippen molar-refractivity contribution in [1.29, 1.82) is 0 Å². The van der Waals surface area contributed by atoms with Gasteiger partial charge in [0.05, 0.1) is 17.1 Å². The zero-order valence-corrected chi connectivity index (χ0v) is 19.7. The second-order valence-corrected chi connectivity index (χ2v) is 8.87. The van der Waals surface area contributed by atoms with Crippen LogP contribution in [0.2, 0.25) is 10.0 Å². The van der Waals surface area contributed by atoms with Crippen molar-refractivity contribution in [2.45, 2.75) is 31.7 Å². The Balaban J connectivity index is 1.51. The molecule has 2 aromatic carbocycles. The van der Waals surface area contributed by atoms with Gasteiger partial charge in [0.1, 0.15) is 24.6 Å². The van der Waals surface area contributed by atoms with E-state index < -0.39 is 35.9 Å². The smallest absolute Gasteiger partial charge is 0.408 e. The quantitative estimate of drug-likeness (QED) is 0.511. The number of benzene rings is 2. The number of nitrogens with zero attached hydrogens (tertiary/aromatic N) is 2. The molecule has 1 saturated heterocycles. The van der Waals surface area contributed by atoms with Crippen LogP contribution in [-0.4, -0.2) is 46.1 Å². The molecule has 1 fully saturated rings. The fourth-order valence-electron chi connectivity index (χ4n) is 4.09. The van der Waals surface area contributed by atoms with Crippen LogP contribution in [0.3, 0.4) is 0 Å². The zero-order chi connectivity index (χ0) is 25.3. The number of likely N-dealkylation sites (tertiary alicyclic amines) is 1. The molecule has 0 radical (unpaired) electrons. The minimum absolute atomic E-state index is 0.0850. The average molecular weight is 525 g/mol. The summed E-state index contributed by atoms with van der Waals surface area (Å²) in [6, 6.07) is 8.09. The third-order valence-corrected chi connectivity index (χ3v) is 6.21. The predicted molar refractivity (Wildman–Crippen MR) is 125 cm³/mol. The Bertz CT molecular complexity index is 1320. The molecule has 1 aliphatic rings. The average Bonchev–Trinajstić information content (AvgIpc) is 3.34. The van der Waals surface area contributed by atoms with Gasteiger partial charge in [0.25, 0.3) is 0 Å². The lowest BCUT2D eigenvalue weighted by molar-refractivity contribution is -0.139. The normalized spacial score (nSPS) is 17.5. The van der Waals surface area contributed by atoms with Crippen LogP contribution in [0.4, 0.5) is 13.6 Å². The minimum atomic E-state index is -1.40. The largest absolute Gasteiger partial charge is 0.410 e. The maximum atomic E-state index is 14.3. The Kier molecular flexibility index (Phi) is 7.13. The second-order valence-electron chi connectivity index (χ2n) is 8.03. The van der Waals surface area contributed by atoms with Gasteiger partial charge in [0.2, 0.25) is 11.8 Å². The molecule has 4 rings (SSSR count). The van der Waals surface area contributed by atoms with Gasteiger partial charge in [-0.05, 0) is 24.3 Å². The van der Waals surface area contributed by atoms with Gasteiger partial charge in [-0.15, -0.1) is 0 Å². The SMILES string of the molecule is NC(=O)Oc1cn(CC(=O)N2C[C@H](F)C[C@H]2C(=O)NCc2cccc(Cl)c2F)c2ccc(Cl)cc12. The van der Waals surface area contributed by atoms with Gasteiger partial charge in [0, 0.05) is 35.1 Å². The number of primary amides is 1. The molecule has 3 aromatic rings. The lowest BCUT2D eigenvalue weighted by Crippen LogP contribution is -2.46. The van der Waals surface area contributed by atoms with Crippen molar-refractivity contribution < 1.29 is 27.9 Å². The molecule has 0 saturated carbocycles. The van der Waals surface area contributed by atoms with E-state index in [1.165, 1.54) is 22.9 Å². The molecule has 3 N–H and O–H groups in total. The number of aromatic nitrogens is 1. The van der Waals surface area contributed by atoms with Crippen LogP contribution < -0.4 is 15.8 Å². The minimum Gasteiger partial charge on any atom is -0.408 e. The van der Waals surface area contributed by atoms with Crippen molar-refractivity contribution in [3.63, 3.8) is 0 Å². The standard InChI is InChI=1S/C23H20Cl2F2N4O4/c24-13-4-5-17-15(6-13)19(35-23(28)34)10-30(17)11-20(32)31-9-14(26)7-18(31)22(33)29-8-12-2-1-3-16(25)21(12)27/h1-6,10,14,18H,7-9,11H2,(H2,28,34)(H,29,33)/t14-,18+/m1/s1. The number of alkyl halides is 1. The molecule has 184 valence electrons. The van der Waals surface area contributed by atoms with E-state index in [1.807, 2.05) is 0 Å². The van der Waals surface area contributed by atoms with Gasteiger partial charge < -0.3 is 25.3 Å². The molecule has 3 amide bonds. The Morgan fingerprint density at radius 3 is 2.71 bits per heavy atom. The zero-order valence-electron chi connectivity index (χ0n) is 18.1. The van der Waals surface area contributed by atoms with Gasteiger partial charge in [-0.3, -0.25) is 9.59 Å².